The van der Waals surface area contributed by atoms with Crippen LogP contribution in [0.4, 0.5) is 5.95 Å². The molecule has 0 aromatic carbocycles. The summed E-state index contributed by atoms with van der Waals surface area (Å²) < 4.78 is 7.18. The number of methoxy groups -OCH3 is 1. The van der Waals surface area contributed by atoms with Gasteiger partial charge >= 0.3 is 0 Å². The third-order valence-corrected chi connectivity index (χ3v) is 3.84. The van der Waals surface area contributed by atoms with E-state index in [-0.39, 0.29) is 0 Å². The molecule has 2 aromatic rings. The Labute approximate surface area is 112 Å². The lowest BCUT2D eigenvalue weighted by Gasteiger charge is -2.17. The van der Waals surface area contributed by atoms with Gasteiger partial charge in [-0.1, -0.05) is 13.0 Å². The van der Waals surface area contributed by atoms with Gasteiger partial charge in [0.25, 0.3) is 0 Å². The Bertz CT molecular complexity index is 453. The third-order valence-electron chi connectivity index (χ3n) is 2.85. The first-order valence-electron chi connectivity index (χ1n) is 6.15. The summed E-state index contributed by atoms with van der Waals surface area (Å²) in [7, 11) is 1.71. The summed E-state index contributed by atoms with van der Waals surface area (Å²) in [5.41, 5.74) is 0. The van der Waals surface area contributed by atoms with Gasteiger partial charge in [-0.15, -0.1) is 11.3 Å². The van der Waals surface area contributed by atoms with E-state index >= 15 is 0 Å². The van der Waals surface area contributed by atoms with Gasteiger partial charge in [0, 0.05) is 30.9 Å². The molecule has 0 saturated heterocycles. The number of anilines is 1. The molecule has 1 atom stereocenters. The number of nitrogens with zero attached hydrogens (tertiary/aromatic N) is 2. The quantitative estimate of drug-likeness (QED) is 0.836. The van der Waals surface area contributed by atoms with Gasteiger partial charge in [0.1, 0.15) is 0 Å². The van der Waals surface area contributed by atoms with E-state index in [0.717, 1.165) is 18.9 Å². The highest BCUT2D eigenvalue weighted by atomic mass is 32.1. The minimum Gasteiger partial charge on any atom is -0.383 e. The molecule has 18 heavy (non-hydrogen) atoms. The number of hydrogen-bond donors (Lipinski definition) is 1. The summed E-state index contributed by atoms with van der Waals surface area (Å²) >= 11 is 1.78. The molecule has 0 spiro atoms. The van der Waals surface area contributed by atoms with Crippen molar-refractivity contribution in [2.45, 2.75) is 25.9 Å². The maximum atomic E-state index is 5.10. The van der Waals surface area contributed by atoms with Crippen LogP contribution in [0.25, 0.3) is 0 Å². The van der Waals surface area contributed by atoms with E-state index in [0.29, 0.717) is 12.6 Å². The van der Waals surface area contributed by atoms with Crippen LogP contribution in [0.5, 0.6) is 0 Å². The Morgan fingerprint density at radius 1 is 1.56 bits per heavy atom. The smallest absolute Gasteiger partial charge is 0.203 e. The second-order valence-electron chi connectivity index (χ2n) is 4.06. The Morgan fingerprint density at radius 3 is 3.11 bits per heavy atom. The number of imidazole rings is 1. The van der Waals surface area contributed by atoms with E-state index in [1.165, 1.54) is 4.88 Å². The van der Waals surface area contributed by atoms with E-state index in [4.69, 9.17) is 4.74 Å². The second-order valence-corrected chi connectivity index (χ2v) is 5.04. The zero-order valence-electron chi connectivity index (χ0n) is 10.8. The molecule has 1 N–H and O–H groups in total. The first kappa shape index (κ1) is 13.1. The molecule has 2 aromatic heterocycles. The van der Waals surface area contributed by atoms with Crippen LogP contribution in [0.2, 0.25) is 0 Å². The predicted molar refractivity (Wildman–Crippen MR) is 75.1 cm³/mol. The molecule has 0 radical (unpaired) electrons. The maximum Gasteiger partial charge on any atom is 0.203 e. The molecule has 2 heterocycles. The Balaban J connectivity index is 2.05. The van der Waals surface area contributed by atoms with Crippen molar-refractivity contribution in [3.05, 3.63) is 34.8 Å². The van der Waals surface area contributed by atoms with Crippen molar-refractivity contribution in [2.24, 2.45) is 0 Å². The molecular formula is C13H19N3OS. The van der Waals surface area contributed by atoms with Crippen LogP contribution in [0.15, 0.2) is 29.9 Å². The Hall–Kier alpha value is -1.33. The van der Waals surface area contributed by atoms with Crippen molar-refractivity contribution in [2.75, 3.05) is 19.0 Å². The van der Waals surface area contributed by atoms with E-state index in [1.54, 1.807) is 18.4 Å². The third kappa shape index (κ3) is 3.11. The van der Waals surface area contributed by atoms with Gasteiger partial charge in [-0.2, -0.15) is 0 Å². The molecule has 0 aliphatic rings. The lowest BCUT2D eigenvalue weighted by Crippen LogP contribution is -2.14. The van der Waals surface area contributed by atoms with Crippen LogP contribution >= 0.6 is 11.3 Å². The molecule has 5 heteroatoms. The summed E-state index contributed by atoms with van der Waals surface area (Å²) in [4.78, 5) is 5.71. The van der Waals surface area contributed by atoms with Crippen molar-refractivity contribution in [1.29, 1.82) is 0 Å². The normalized spacial score (nSPS) is 12.6. The summed E-state index contributed by atoms with van der Waals surface area (Å²) in [6.07, 6.45) is 4.83. The average molecular weight is 265 g/mol. The lowest BCUT2D eigenvalue weighted by molar-refractivity contribution is 0.187. The van der Waals surface area contributed by atoms with Gasteiger partial charge in [0.2, 0.25) is 5.95 Å². The minimum atomic E-state index is 0.327. The molecule has 0 aliphatic heterocycles. The predicted octanol–water partition coefficient (Wildman–Crippen LogP) is 3.15. The SMILES string of the molecule is CCC(Nc1nccn1CCOC)c1cccs1. The van der Waals surface area contributed by atoms with Crippen LogP contribution in [-0.4, -0.2) is 23.3 Å². The van der Waals surface area contributed by atoms with Gasteiger partial charge in [0.15, 0.2) is 0 Å². The molecule has 98 valence electrons. The van der Waals surface area contributed by atoms with Crippen molar-refractivity contribution in [3.63, 3.8) is 0 Å². The average Bonchev–Trinajstić information content (AvgIpc) is 3.04. The number of hydrogen-bond acceptors (Lipinski definition) is 4. The van der Waals surface area contributed by atoms with E-state index in [2.05, 4.69) is 39.3 Å². The molecule has 0 aliphatic carbocycles. The van der Waals surface area contributed by atoms with Crippen molar-refractivity contribution < 1.29 is 4.74 Å². The van der Waals surface area contributed by atoms with Crippen LogP contribution in [0.3, 0.4) is 0 Å². The van der Waals surface area contributed by atoms with E-state index < -0.39 is 0 Å². The fraction of sp³-hybridized carbons (Fsp3) is 0.462. The highest BCUT2D eigenvalue weighted by molar-refractivity contribution is 7.10. The number of thiophene rings is 1. The Morgan fingerprint density at radius 2 is 2.44 bits per heavy atom. The molecule has 2 rings (SSSR count). The summed E-state index contributed by atoms with van der Waals surface area (Å²) in [5, 5.41) is 5.60. The van der Waals surface area contributed by atoms with Crippen LogP contribution < -0.4 is 5.32 Å². The standard InChI is InChI=1S/C13H19N3OS/c1-3-11(12-5-4-10-18-12)15-13-14-6-7-16(13)8-9-17-2/h4-7,10-11H,3,8-9H2,1-2H3,(H,14,15). The molecular weight excluding hydrogens is 246 g/mol. The second kappa shape index (κ2) is 6.56. The fourth-order valence-electron chi connectivity index (χ4n) is 1.84. The van der Waals surface area contributed by atoms with Gasteiger partial charge in [-0.05, 0) is 17.9 Å². The zero-order valence-corrected chi connectivity index (χ0v) is 11.6. The summed E-state index contributed by atoms with van der Waals surface area (Å²) in [5.74, 6) is 0.910. The minimum absolute atomic E-state index is 0.327. The van der Waals surface area contributed by atoms with Crippen molar-refractivity contribution >= 4 is 17.3 Å². The Kier molecular flexibility index (Phi) is 4.78. The van der Waals surface area contributed by atoms with Crippen LogP contribution in [-0.2, 0) is 11.3 Å². The monoisotopic (exact) mass is 265 g/mol. The van der Waals surface area contributed by atoms with Crippen molar-refractivity contribution in [1.82, 2.24) is 9.55 Å². The summed E-state index contributed by atoms with van der Waals surface area (Å²) in [6, 6.07) is 4.57. The topological polar surface area (TPSA) is 39.1 Å². The lowest BCUT2D eigenvalue weighted by atomic mass is 10.2. The first-order chi connectivity index (χ1) is 8.85. The van der Waals surface area contributed by atoms with Gasteiger partial charge < -0.3 is 14.6 Å². The molecule has 0 bridgehead atoms. The molecule has 1 unspecified atom stereocenters. The zero-order chi connectivity index (χ0) is 12.8. The van der Waals surface area contributed by atoms with Crippen molar-refractivity contribution in [3.8, 4) is 0 Å². The number of aromatic nitrogens is 2. The fourth-order valence-corrected chi connectivity index (χ4v) is 2.70. The van der Waals surface area contributed by atoms with E-state index in [9.17, 15) is 0 Å². The number of ether oxygens (including phenoxy) is 1. The molecule has 0 amide bonds. The number of rotatable bonds is 7. The van der Waals surface area contributed by atoms with Gasteiger partial charge in [-0.3, -0.25) is 0 Å². The highest BCUT2D eigenvalue weighted by Gasteiger charge is 2.12. The van der Waals surface area contributed by atoms with E-state index in [1.807, 2.05) is 12.4 Å². The summed E-state index contributed by atoms with van der Waals surface area (Å²) in [6.45, 7) is 3.69. The molecule has 0 fully saturated rings. The highest BCUT2D eigenvalue weighted by Crippen LogP contribution is 2.25. The van der Waals surface area contributed by atoms with Gasteiger partial charge in [0.05, 0.1) is 12.6 Å². The molecule has 4 nitrogen and oxygen atoms in total. The maximum absolute atomic E-state index is 5.10. The first-order valence-corrected chi connectivity index (χ1v) is 7.03. The van der Waals surface area contributed by atoms with Crippen LogP contribution in [0, 0.1) is 0 Å². The largest absolute Gasteiger partial charge is 0.383 e. The van der Waals surface area contributed by atoms with Crippen LogP contribution in [0.1, 0.15) is 24.3 Å². The molecule has 0 saturated carbocycles. The number of nitrogens with one attached hydrogen (secondary N) is 1. The van der Waals surface area contributed by atoms with Gasteiger partial charge in [-0.25, -0.2) is 4.98 Å².